The summed E-state index contributed by atoms with van der Waals surface area (Å²) in [6.45, 7) is 4.45. The molecule has 5 heteroatoms. The Bertz CT molecular complexity index is 947. The lowest BCUT2D eigenvalue weighted by molar-refractivity contribution is -0.136. The highest BCUT2D eigenvalue weighted by atomic mass is 16.2. The Kier molecular flexibility index (Phi) is 5.27. The maximum absolute atomic E-state index is 12.2. The monoisotopic (exact) mass is 347 g/mol. The number of anilines is 1. The molecule has 2 amide bonds. The SMILES string of the molecule is Cc1cccc([C@H](C)CNC(=O)C(=O)Nc2cccc3cnccc23)c1. The molecule has 0 saturated heterocycles. The molecule has 0 spiro atoms. The van der Waals surface area contributed by atoms with Crippen LogP contribution in [0.2, 0.25) is 0 Å². The Morgan fingerprint density at radius 1 is 1.08 bits per heavy atom. The molecule has 26 heavy (non-hydrogen) atoms. The van der Waals surface area contributed by atoms with Crippen molar-refractivity contribution in [1.82, 2.24) is 10.3 Å². The van der Waals surface area contributed by atoms with E-state index in [1.807, 2.05) is 50.2 Å². The maximum atomic E-state index is 12.2. The molecule has 1 atom stereocenters. The van der Waals surface area contributed by atoms with Gasteiger partial charge in [-0.25, -0.2) is 0 Å². The molecule has 0 aliphatic carbocycles. The van der Waals surface area contributed by atoms with E-state index in [1.54, 1.807) is 18.5 Å². The first-order chi connectivity index (χ1) is 12.5. The van der Waals surface area contributed by atoms with Crippen LogP contribution in [0.5, 0.6) is 0 Å². The fourth-order valence-electron chi connectivity index (χ4n) is 2.83. The van der Waals surface area contributed by atoms with E-state index >= 15 is 0 Å². The number of nitrogens with one attached hydrogen (secondary N) is 2. The topological polar surface area (TPSA) is 71.1 Å². The van der Waals surface area contributed by atoms with Gasteiger partial charge in [-0.3, -0.25) is 14.6 Å². The largest absolute Gasteiger partial charge is 0.347 e. The quantitative estimate of drug-likeness (QED) is 0.711. The minimum absolute atomic E-state index is 0.121. The standard InChI is InChI=1S/C21H21N3O2/c1-14-5-3-6-16(11-14)15(2)12-23-20(25)21(26)24-19-8-4-7-17-13-22-10-9-18(17)19/h3-11,13,15H,12H2,1-2H3,(H,23,25)(H,24,26)/t15-/m1/s1. The first-order valence-electron chi connectivity index (χ1n) is 8.53. The van der Waals surface area contributed by atoms with Crippen molar-refractivity contribution in [3.8, 4) is 0 Å². The van der Waals surface area contributed by atoms with Crippen LogP contribution in [-0.4, -0.2) is 23.3 Å². The zero-order valence-corrected chi connectivity index (χ0v) is 14.8. The van der Waals surface area contributed by atoms with Crippen LogP contribution >= 0.6 is 0 Å². The van der Waals surface area contributed by atoms with Gasteiger partial charge in [0.15, 0.2) is 0 Å². The number of carbonyl (C=O) groups is 2. The summed E-state index contributed by atoms with van der Waals surface area (Å²) >= 11 is 0. The third-order valence-electron chi connectivity index (χ3n) is 4.32. The zero-order valence-electron chi connectivity index (χ0n) is 14.8. The van der Waals surface area contributed by atoms with Crippen LogP contribution in [-0.2, 0) is 9.59 Å². The molecule has 0 unspecified atom stereocenters. The van der Waals surface area contributed by atoms with Gasteiger partial charge in [-0.2, -0.15) is 0 Å². The molecular weight excluding hydrogens is 326 g/mol. The summed E-state index contributed by atoms with van der Waals surface area (Å²) in [5.41, 5.74) is 2.90. The van der Waals surface area contributed by atoms with Crippen molar-refractivity contribution < 1.29 is 9.59 Å². The van der Waals surface area contributed by atoms with Crippen molar-refractivity contribution in [2.24, 2.45) is 0 Å². The number of amides is 2. The van der Waals surface area contributed by atoms with E-state index in [0.717, 1.165) is 16.3 Å². The van der Waals surface area contributed by atoms with Crippen LogP contribution in [0.25, 0.3) is 10.8 Å². The zero-order chi connectivity index (χ0) is 18.5. The molecular formula is C21H21N3O2. The number of hydrogen-bond acceptors (Lipinski definition) is 3. The molecule has 5 nitrogen and oxygen atoms in total. The van der Waals surface area contributed by atoms with E-state index < -0.39 is 11.8 Å². The predicted octanol–water partition coefficient (Wildman–Crippen LogP) is 3.40. The molecule has 0 bridgehead atoms. The lowest BCUT2D eigenvalue weighted by Gasteiger charge is -2.14. The van der Waals surface area contributed by atoms with Gasteiger partial charge in [-0.15, -0.1) is 0 Å². The van der Waals surface area contributed by atoms with Crippen molar-refractivity contribution >= 4 is 28.3 Å². The summed E-state index contributed by atoms with van der Waals surface area (Å²) in [6.07, 6.45) is 3.37. The number of fused-ring (bicyclic) bond motifs is 1. The first kappa shape index (κ1) is 17.6. The Morgan fingerprint density at radius 3 is 2.69 bits per heavy atom. The smallest absolute Gasteiger partial charge is 0.313 e. The van der Waals surface area contributed by atoms with E-state index in [4.69, 9.17) is 0 Å². The Hall–Kier alpha value is -3.21. The molecule has 1 aromatic heterocycles. The number of rotatable bonds is 4. The Morgan fingerprint density at radius 2 is 1.88 bits per heavy atom. The third-order valence-corrected chi connectivity index (χ3v) is 4.32. The highest BCUT2D eigenvalue weighted by Crippen LogP contribution is 2.22. The molecule has 0 aliphatic rings. The highest BCUT2D eigenvalue weighted by Gasteiger charge is 2.16. The van der Waals surface area contributed by atoms with Crippen LogP contribution in [0.15, 0.2) is 60.9 Å². The van der Waals surface area contributed by atoms with Gasteiger partial charge in [0.1, 0.15) is 0 Å². The third kappa shape index (κ3) is 4.06. The number of benzene rings is 2. The second kappa shape index (κ2) is 7.78. The van der Waals surface area contributed by atoms with Crippen LogP contribution in [0.3, 0.4) is 0 Å². The predicted molar refractivity (Wildman–Crippen MR) is 103 cm³/mol. The first-order valence-corrected chi connectivity index (χ1v) is 8.53. The van der Waals surface area contributed by atoms with Crippen molar-refractivity contribution in [3.63, 3.8) is 0 Å². The fraction of sp³-hybridized carbons (Fsp3) is 0.190. The Balaban J connectivity index is 1.62. The van der Waals surface area contributed by atoms with Gasteiger partial charge in [-0.05, 0) is 30.5 Å². The molecule has 0 radical (unpaired) electrons. The van der Waals surface area contributed by atoms with Gasteiger partial charge < -0.3 is 10.6 Å². The van der Waals surface area contributed by atoms with Crippen LogP contribution in [0.4, 0.5) is 5.69 Å². The van der Waals surface area contributed by atoms with E-state index in [1.165, 1.54) is 5.56 Å². The summed E-state index contributed by atoms with van der Waals surface area (Å²) in [4.78, 5) is 28.4. The average Bonchev–Trinajstić information content (AvgIpc) is 2.66. The van der Waals surface area contributed by atoms with Crippen LogP contribution in [0, 0.1) is 6.92 Å². The van der Waals surface area contributed by atoms with Crippen molar-refractivity contribution in [2.75, 3.05) is 11.9 Å². The highest BCUT2D eigenvalue weighted by molar-refractivity contribution is 6.40. The van der Waals surface area contributed by atoms with Crippen molar-refractivity contribution in [1.29, 1.82) is 0 Å². The number of carbonyl (C=O) groups excluding carboxylic acids is 2. The maximum Gasteiger partial charge on any atom is 0.313 e. The minimum Gasteiger partial charge on any atom is -0.347 e. The van der Waals surface area contributed by atoms with Gasteiger partial charge in [0, 0.05) is 35.4 Å². The van der Waals surface area contributed by atoms with Crippen LogP contribution < -0.4 is 10.6 Å². The van der Waals surface area contributed by atoms with E-state index in [2.05, 4.69) is 21.7 Å². The fourth-order valence-corrected chi connectivity index (χ4v) is 2.83. The summed E-state index contributed by atoms with van der Waals surface area (Å²) in [6, 6.07) is 15.4. The minimum atomic E-state index is -0.675. The molecule has 1 heterocycles. The van der Waals surface area contributed by atoms with Gasteiger partial charge in [-0.1, -0.05) is 48.9 Å². The normalized spacial score (nSPS) is 11.8. The molecule has 2 aromatic carbocycles. The molecule has 0 fully saturated rings. The molecule has 0 aliphatic heterocycles. The van der Waals surface area contributed by atoms with Gasteiger partial charge >= 0.3 is 11.8 Å². The van der Waals surface area contributed by atoms with Gasteiger partial charge in [0.05, 0.1) is 0 Å². The summed E-state index contributed by atoms with van der Waals surface area (Å²) in [5, 5.41) is 7.13. The Labute approximate surface area is 152 Å². The number of nitrogens with zero attached hydrogens (tertiary/aromatic N) is 1. The summed E-state index contributed by atoms with van der Waals surface area (Å²) < 4.78 is 0. The average molecular weight is 347 g/mol. The summed E-state index contributed by atoms with van der Waals surface area (Å²) in [5.74, 6) is -1.20. The molecule has 0 saturated carbocycles. The van der Waals surface area contributed by atoms with E-state index in [9.17, 15) is 9.59 Å². The lowest BCUT2D eigenvalue weighted by atomic mass is 9.99. The molecule has 132 valence electrons. The van der Waals surface area contributed by atoms with E-state index in [-0.39, 0.29) is 5.92 Å². The number of pyridine rings is 1. The molecule has 2 N–H and O–H groups in total. The summed E-state index contributed by atoms with van der Waals surface area (Å²) in [7, 11) is 0. The lowest BCUT2D eigenvalue weighted by Crippen LogP contribution is -2.37. The van der Waals surface area contributed by atoms with Crippen molar-refractivity contribution in [2.45, 2.75) is 19.8 Å². The molecule has 3 rings (SSSR count). The number of aryl methyl sites for hydroxylation is 1. The second-order valence-electron chi connectivity index (χ2n) is 6.38. The molecule has 3 aromatic rings. The van der Waals surface area contributed by atoms with Gasteiger partial charge in [0.25, 0.3) is 0 Å². The van der Waals surface area contributed by atoms with Gasteiger partial charge in [0.2, 0.25) is 0 Å². The van der Waals surface area contributed by atoms with E-state index in [0.29, 0.717) is 12.2 Å². The van der Waals surface area contributed by atoms with Crippen molar-refractivity contribution in [3.05, 3.63) is 72.1 Å². The number of aromatic nitrogens is 1. The number of hydrogen-bond donors (Lipinski definition) is 2. The second-order valence-corrected chi connectivity index (χ2v) is 6.38. The van der Waals surface area contributed by atoms with Crippen LogP contribution in [0.1, 0.15) is 24.0 Å².